The van der Waals surface area contributed by atoms with Gasteiger partial charge < -0.3 is 15.4 Å². The van der Waals surface area contributed by atoms with Crippen LogP contribution in [0.1, 0.15) is 16.8 Å². The van der Waals surface area contributed by atoms with Crippen molar-refractivity contribution in [3.8, 4) is 5.75 Å². The van der Waals surface area contributed by atoms with E-state index in [-0.39, 0.29) is 5.91 Å². The lowest BCUT2D eigenvalue weighted by Gasteiger charge is -2.33. The molecule has 2 rings (SSSR count). The van der Waals surface area contributed by atoms with Crippen molar-refractivity contribution >= 4 is 27.5 Å². The normalized spacial score (nSPS) is 16.2. The van der Waals surface area contributed by atoms with Crippen LogP contribution < -0.4 is 10.5 Å². The molecule has 0 unspecified atom stereocenters. The van der Waals surface area contributed by atoms with Gasteiger partial charge in [0.25, 0.3) is 5.91 Å². The molecule has 0 spiro atoms. The first kappa shape index (κ1) is 19.0. The summed E-state index contributed by atoms with van der Waals surface area (Å²) in [5.41, 5.74) is 5.87. The highest BCUT2D eigenvalue weighted by Gasteiger charge is 2.28. The lowest BCUT2D eigenvalue weighted by molar-refractivity contribution is 0.0694. The van der Waals surface area contributed by atoms with Crippen LogP contribution in [-0.2, 0) is 10.0 Å². The van der Waals surface area contributed by atoms with Crippen molar-refractivity contribution in [1.29, 1.82) is 0 Å². The van der Waals surface area contributed by atoms with Crippen molar-refractivity contribution in [1.82, 2.24) is 9.21 Å². The second-order valence-electron chi connectivity index (χ2n) is 5.59. The maximum absolute atomic E-state index is 12.7. The summed E-state index contributed by atoms with van der Waals surface area (Å²) in [7, 11) is -3.23. The van der Waals surface area contributed by atoms with Gasteiger partial charge in [-0.2, -0.15) is 4.31 Å². The smallest absolute Gasteiger partial charge is 0.257 e. The molecule has 1 saturated heterocycles. The number of rotatable bonds is 6. The number of sulfonamides is 1. The number of carbonyl (C=O) groups is 1. The molecule has 0 radical (unpaired) electrons. The average Bonchev–Trinajstić information content (AvgIpc) is 2.54. The summed E-state index contributed by atoms with van der Waals surface area (Å²) in [4.78, 5) is 14.4. The van der Waals surface area contributed by atoms with Crippen LogP contribution >= 0.6 is 11.6 Å². The van der Waals surface area contributed by atoms with E-state index < -0.39 is 10.0 Å². The summed E-state index contributed by atoms with van der Waals surface area (Å²) in [6.07, 6.45) is 1.85. The van der Waals surface area contributed by atoms with Crippen molar-refractivity contribution in [2.24, 2.45) is 5.73 Å². The van der Waals surface area contributed by atoms with Gasteiger partial charge in [-0.15, -0.1) is 0 Å². The maximum atomic E-state index is 12.7. The zero-order chi connectivity index (χ0) is 17.7. The van der Waals surface area contributed by atoms with Gasteiger partial charge in [0.05, 0.1) is 18.4 Å². The fraction of sp³-hybridized carbons (Fsp3) is 0.533. The molecular formula is C15H22ClN3O4S. The van der Waals surface area contributed by atoms with Crippen molar-refractivity contribution in [2.45, 2.75) is 6.42 Å². The average molecular weight is 376 g/mol. The van der Waals surface area contributed by atoms with Crippen molar-refractivity contribution in [3.63, 3.8) is 0 Å². The Labute approximate surface area is 147 Å². The summed E-state index contributed by atoms with van der Waals surface area (Å²) >= 11 is 5.99. The van der Waals surface area contributed by atoms with E-state index in [9.17, 15) is 13.2 Å². The van der Waals surface area contributed by atoms with E-state index >= 15 is 0 Å². The molecule has 1 aromatic rings. The van der Waals surface area contributed by atoms with E-state index in [2.05, 4.69) is 0 Å². The summed E-state index contributed by atoms with van der Waals surface area (Å²) in [5, 5.41) is 0.483. The Balaban J connectivity index is 2.10. The highest BCUT2D eigenvalue weighted by atomic mass is 35.5. The van der Waals surface area contributed by atoms with Gasteiger partial charge in [0.2, 0.25) is 10.0 Å². The summed E-state index contributed by atoms with van der Waals surface area (Å²) in [6.45, 7) is 2.17. The monoisotopic (exact) mass is 375 g/mol. The van der Waals surface area contributed by atoms with Crippen LogP contribution in [0.25, 0.3) is 0 Å². The first-order chi connectivity index (χ1) is 11.3. The zero-order valence-corrected chi connectivity index (χ0v) is 15.1. The molecule has 0 aliphatic carbocycles. The van der Waals surface area contributed by atoms with Gasteiger partial charge in [0, 0.05) is 31.2 Å². The molecule has 24 heavy (non-hydrogen) atoms. The van der Waals surface area contributed by atoms with Gasteiger partial charge in [-0.3, -0.25) is 4.79 Å². The van der Waals surface area contributed by atoms with Crippen LogP contribution in [0.5, 0.6) is 5.75 Å². The number of benzene rings is 1. The first-order valence-corrected chi connectivity index (χ1v) is 9.92. The van der Waals surface area contributed by atoms with E-state index in [1.165, 1.54) is 10.6 Å². The second kappa shape index (κ2) is 8.15. The standard InChI is InChI=1S/C15H22ClN3O4S/c1-24(21,22)19-8-6-18(7-9-19)15(20)13-4-3-12(16)11-14(13)23-10-2-5-17/h3-4,11H,2,5-10,17H2,1H3. The number of amides is 1. The number of nitrogens with two attached hydrogens (primary N) is 1. The number of ether oxygens (including phenoxy) is 1. The Morgan fingerprint density at radius 2 is 1.96 bits per heavy atom. The number of nitrogens with zero attached hydrogens (tertiary/aromatic N) is 2. The third-order valence-corrected chi connectivity index (χ3v) is 5.31. The number of hydrogen-bond donors (Lipinski definition) is 1. The predicted octanol–water partition coefficient (Wildman–Crippen LogP) is 0.785. The highest BCUT2D eigenvalue weighted by Crippen LogP contribution is 2.25. The Morgan fingerprint density at radius 3 is 2.54 bits per heavy atom. The molecule has 0 saturated carbocycles. The van der Waals surface area contributed by atoms with Crippen molar-refractivity contribution in [3.05, 3.63) is 28.8 Å². The highest BCUT2D eigenvalue weighted by molar-refractivity contribution is 7.88. The molecule has 1 fully saturated rings. The molecule has 7 nitrogen and oxygen atoms in total. The topological polar surface area (TPSA) is 92.9 Å². The van der Waals surface area contributed by atoms with Crippen LogP contribution in [0.4, 0.5) is 0 Å². The van der Waals surface area contributed by atoms with Crippen LogP contribution in [0.3, 0.4) is 0 Å². The summed E-state index contributed by atoms with van der Waals surface area (Å²) < 4.78 is 30.1. The minimum Gasteiger partial charge on any atom is -0.493 e. The number of halogens is 1. The molecule has 1 aliphatic rings. The quantitative estimate of drug-likeness (QED) is 0.742. The van der Waals surface area contributed by atoms with Gasteiger partial charge >= 0.3 is 0 Å². The fourth-order valence-corrected chi connectivity index (χ4v) is 3.44. The van der Waals surface area contributed by atoms with E-state index in [4.69, 9.17) is 22.1 Å². The minimum absolute atomic E-state index is 0.192. The molecule has 0 aromatic heterocycles. The maximum Gasteiger partial charge on any atom is 0.257 e. The van der Waals surface area contributed by atoms with Gasteiger partial charge in [-0.25, -0.2) is 8.42 Å². The van der Waals surface area contributed by atoms with E-state index in [0.717, 1.165) is 0 Å². The first-order valence-electron chi connectivity index (χ1n) is 7.69. The van der Waals surface area contributed by atoms with Gasteiger partial charge in [-0.05, 0) is 31.2 Å². The molecule has 2 N–H and O–H groups in total. The zero-order valence-electron chi connectivity index (χ0n) is 13.6. The third kappa shape index (κ3) is 4.83. The Kier molecular flexibility index (Phi) is 6.45. The van der Waals surface area contributed by atoms with Crippen LogP contribution in [0.2, 0.25) is 5.02 Å². The van der Waals surface area contributed by atoms with Crippen LogP contribution in [-0.4, -0.2) is 69.1 Å². The Morgan fingerprint density at radius 1 is 1.29 bits per heavy atom. The predicted molar refractivity (Wildman–Crippen MR) is 92.9 cm³/mol. The molecule has 1 heterocycles. The number of hydrogen-bond acceptors (Lipinski definition) is 5. The molecule has 0 atom stereocenters. The number of piperazine rings is 1. The molecule has 1 aliphatic heterocycles. The Hall–Kier alpha value is -1.35. The van der Waals surface area contributed by atoms with Gasteiger partial charge in [0.1, 0.15) is 5.75 Å². The van der Waals surface area contributed by atoms with Gasteiger partial charge in [-0.1, -0.05) is 11.6 Å². The molecule has 134 valence electrons. The lowest BCUT2D eigenvalue weighted by Crippen LogP contribution is -2.50. The van der Waals surface area contributed by atoms with Crippen LogP contribution in [0.15, 0.2) is 18.2 Å². The van der Waals surface area contributed by atoms with Crippen molar-refractivity contribution in [2.75, 3.05) is 45.6 Å². The third-order valence-electron chi connectivity index (χ3n) is 3.77. The molecule has 1 amide bonds. The fourth-order valence-electron chi connectivity index (χ4n) is 2.45. The van der Waals surface area contributed by atoms with E-state index in [0.29, 0.717) is 62.1 Å². The van der Waals surface area contributed by atoms with Crippen molar-refractivity contribution < 1.29 is 17.9 Å². The Bertz CT molecular complexity index is 688. The minimum atomic E-state index is -3.23. The molecule has 1 aromatic carbocycles. The SMILES string of the molecule is CS(=O)(=O)N1CCN(C(=O)c2ccc(Cl)cc2OCCCN)CC1. The van der Waals surface area contributed by atoms with E-state index in [1.807, 2.05) is 0 Å². The largest absolute Gasteiger partial charge is 0.493 e. The second-order valence-corrected chi connectivity index (χ2v) is 8.00. The molecule has 9 heteroatoms. The number of carbonyl (C=O) groups excluding carboxylic acids is 1. The van der Waals surface area contributed by atoms with Crippen LogP contribution in [0, 0.1) is 0 Å². The lowest BCUT2D eigenvalue weighted by atomic mass is 10.1. The van der Waals surface area contributed by atoms with E-state index in [1.54, 1.807) is 23.1 Å². The summed E-state index contributed by atoms with van der Waals surface area (Å²) in [6, 6.07) is 4.88. The van der Waals surface area contributed by atoms with Gasteiger partial charge in [0.15, 0.2) is 0 Å². The summed E-state index contributed by atoms with van der Waals surface area (Å²) in [5.74, 6) is 0.231. The molecule has 0 bridgehead atoms. The molecular weight excluding hydrogens is 354 g/mol.